The molecule has 1 rings (SSSR count). The second-order valence-electron chi connectivity index (χ2n) is 4.46. The molecule has 0 heterocycles. The summed E-state index contributed by atoms with van der Waals surface area (Å²) in [6.07, 6.45) is 1.59. The van der Waals surface area contributed by atoms with Crippen LogP contribution in [0, 0.1) is 17.7 Å². The van der Waals surface area contributed by atoms with Crippen molar-refractivity contribution in [2.75, 3.05) is 6.54 Å². The van der Waals surface area contributed by atoms with Crippen LogP contribution < -0.4 is 10.5 Å². The molecule has 0 aliphatic rings. The summed E-state index contributed by atoms with van der Waals surface area (Å²) in [6.45, 7) is 3.84. The van der Waals surface area contributed by atoms with E-state index in [4.69, 9.17) is 5.73 Å². The second-order valence-corrected chi connectivity index (χ2v) is 6.14. The summed E-state index contributed by atoms with van der Waals surface area (Å²) in [5.74, 6) is 4.60. The predicted octanol–water partition coefficient (Wildman–Crippen LogP) is 1.60. The van der Waals surface area contributed by atoms with Crippen molar-refractivity contribution in [1.82, 2.24) is 4.72 Å². The van der Waals surface area contributed by atoms with Crippen molar-refractivity contribution in [3.63, 3.8) is 0 Å². The number of halogens is 1. The number of nitrogens with one attached hydrogen (secondary N) is 1. The summed E-state index contributed by atoms with van der Waals surface area (Å²) in [6, 6.07) is 3.23. The van der Waals surface area contributed by atoms with E-state index in [1.54, 1.807) is 6.92 Å². The van der Waals surface area contributed by atoms with Crippen molar-refractivity contribution in [3.05, 3.63) is 29.6 Å². The summed E-state index contributed by atoms with van der Waals surface area (Å²) in [7, 11) is -3.72. The zero-order valence-corrected chi connectivity index (χ0v) is 12.4. The molecule has 0 spiro atoms. The van der Waals surface area contributed by atoms with Crippen LogP contribution in [-0.2, 0) is 10.0 Å². The van der Waals surface area contributed by atoms with Crippen molar-refractivity contribution in [1.29, 1.82) is 0 Å². The second kappa shape index (κ2) is 7.39. The van der Waals surface area contributed by atoms with Gasteiger partial charge < -0.3 is 5.73 Å². The molecule has 0 fully saturated rings. The largest absolute Gasteiger partial charge is 0.320 e. The monoisotopic (exact) mass is 298 g/mol. The minimum absolute atomic E-state index is 0.0252. The Balaban J connectivity index is 3.17. The topological polar surface area (TPSA) is 72.2 Å². The lowest BCUT2D eigenvalue weighted by atomic mass is 10.2. The van der Waals surface area contributed by atoms with E-state index in [9.17, 15) is 12.8 Å². The van der Waals surface area contributed by atoms with E-state index >= 15 is 0 Å². The number of hydrogen-bond donors (Lipinski definition) is 2. The first-order chi connectivity index (χ1) is 9.40. The third-order valence-corrected chi connectivity index (χ3v) is 4.28. The fraction of sp³-hybridized carbons (Fsp3) is 0.429. The number of rotatable bonds is 5. The highest BCUT2D eigenvalue weighted by molar-refractivity contribution is 7.89. The van der Waals surface area contributed by atoms with Crippen LogP contribution >= 0.6 is 0 Å². The Hall–Kier alpha value is -1.42. The summed E-state index contributed by atoms with van der Waals surface area (Å²) in [5.41, 5.74) is 5.38. The zero-order chi connectivity index (χ0) is 15.2. The molecule has 1 aromatic rings. The Labute approximate surface area is 119 Å². The Morgan fingerprint density at radius 1 is 1.45 bits per heavy atom. The van der Waals surface area contributed by atoms with Crippen LogP contribution in [0.1, 0.15) is 32.3 Å². The molecule has 0 bridgehead atoms. The highest BCUT2D eigenvalue weighted by Gasteiger charge is 2.20. The van der Waals surface area contributed by atoms with Crippen molar-refractivity contribution in [3.8, 4) is 11.8 Å². The highest BCUT2D eigenvalue weighted by atomic mass is 32.2. The quantitative estimate of drug-likeness (QED) is 0.811. The van der Waals surface area contributed by atoms with E-state index in [0.29, 0.717) is 0 Å². The summed E-state index contributed by atoms with van der Waals surface area (Å²) in [5, 5.41) is 0. The van der Waals surface area contributed by atoms with Gasteiger partial charge in [0.25, 0.3) is 0 Å². The van der Waals surface area contributed by atoms with Gasteiger partial charge >= 0.3 is 0 Å². The van der Waals surface area contributed by atoms with Gasteiger partial charge in [0.05, 0.1) is 11.4 Å². The molecule has 0 radical (unpaired) electrons. The molecule has 0 aromatic heterocycles. The molecule has 20 heavy (non-hydrogen) atoms. The Morgan fingerprint density at radius 2 is 2.15 bits per heavy atom. The molecule has 0 saturated heterocycles. The molecule has 6 heteroatoms. The molecule has 0 aliphatic heterocycles. The summed E-state index contributed by atoms with van der Waals surface area (Å²) >= 11 is 0. The lowest BCUT2D eigenvalue weighted by molar-refractivity contribution is 0.543. The van der Waals surface area contributed by atoms with E-state index in [0.717, 1.165) is 25.0 Å². The van der Waals surface area contributed by atoms with Gasteiger partial charge in [0.2, 0.25) is 10.0 Å². The smallest absolute Gasteiger partial charge is 0.242 e. The highest BCUT2D eigenvalue weighted by Crippen LogP contribution is 2.17. The third-order valence-electron chi connectivity index (χ3n) is 2.63. The van der Waals surface area contributed by atoms with E-state index < -0.39 is 15.8 Å². The first-order valence-electron chi connectivity index (χ1n) is 6.41. The van der Waals surface area contributed by atoms with Crippen molar-refractivity contribution < 1.29 is 12.8 Å². The van der Waals surface area contributed by atoms with E-state index in [1.165, 1.54) is 6.07 Å². The van der Waals surface area contributed by atoms with Gasteiger partial charge in [0.15, 0.2) is 0 Å². The standard InChI is InChI=1S/C14H19FN2O2S/c1-3-5-11(2)17-20(18,19)14-8-7-13(15)10-12(14)6-4-9-16/h7-8,10-11,17H,3,5,9,16H2,1-2H3. The van der Waals surface area contributed by atoms with Crippen LogP contribution in [-0.4, -0.2) is 21.0 Å². The van der Waals surface area contributed by atoms with Crippen molar-refractivity contribution in [2.24, 2.45) is 5.73 Å². The molecule has 1 aromatic carbocycles. The molecule has 3 N–H and O–H groups in total. The van der Waals surface area contributed by atoms with Crippen LogP contribution in [0.2, 0.25) is 0 Å². The van der Waals surface area contributed by atoms with Crippen LogP contribution in [0.15, 0.2) is 23.1 Å². The lowest BCUT2D eigenvalue weighted by Gasteiger charge is -2.14. The minimum Gasteiger partial charge on any atom is -0.320 e. The lowest BCUT2D eigenvalue weighted by Crippen LogP contribution is -2.32. The summed E-state index contributed by atoms with van der Waals surface area (Å²) < 4.78 is 40.4. The van der Waals surface area contributed by atoms with Gasteiger partial charge in [-0.1, -0.05) is 25.2 Å². The molecule has 110 valence electrons. The van der Waals surface area contributed by atoms with Crippen LogP contribution in [0.5, 0.6) is 0 Å². The Morgan fingerprint density at radius 3 is 2.75 bits per heavy atom. The fourth-order valence-corrected chi connectivity index (χ4v) is 3.22. The van der Waals surface area contributed by atoms with Gasteiger partial charge in [0.1, 0.15) is 5.82 Å². The molecular weight excluding hydrogens is 279 g/mol. The molecule has 1 unspecified atom stereocenters. The first kappa shape index (κ1) is 16.6. The van der Waals surface area contributed by atoms with Crippen LogP contribution in [0.3, 0.4) is 0 Å². The van der Waals surface area contributed by atoms with Gasteiger partial charge in [0, 0.05) is 11.6 Å². The number of benzene rings is 1. The van der Waals surface area contributed by atoms with Crippen LogP contribution in [0.4, 0.5) is 4.39 Å². The maximum absolute atomic E-state index is 13.2. The van der Waals surface area contributed by atoms with Crippen molar-refractivity contribution in [2.45, 2.75) is 37.6 Å². The average Bonchev–Trinajstić information content (AvgIpc) is 2.35. The van der Waals surface area contributed by atoms with E-state index in [-0.39, 0.29) is 23.0 Å². The van der Waals surface area contributed by atoms with E-state index in [1.807, 2.05) is 6.92 Å². The molecule has 0 saturated carbocycles. The predicted molar refractivity (Wildman–Crippen MR) is 77.0 cm³/mol. The van der Waals surface area contributed by atoms with E-state index in [2.05, 4.69) is 16.6 Å². The Bertz CT molecular complexity index is 618. The van der Waals surface area contributed by atoms with Gasteiger partial charge in [-0.15, -0.1) is 0 Å². The maximum atomic E-state index is 13.2. The normalized spacial score (nSPS) is 12.6. The fourth-order valence-electron chi connectivity index (χ4n) is 1.80. The number of hydrogen-bond acceptors (Lipinski definition) is 3. The molecule has 0 amide bonds. The number of sulfonamides is 1. The van der Waals surface area contributed by atoms with Gasteiger partial charge in [-0.2, -0.15) is 0 Å². The molecular formula is C14H19FN2O2S. The average molecular weight is 298 g/mol. The third kappa shape index (κ3) is 4.60. The van der Waals surface area contributed by atoms with Crippen LogP contribution in [0.25, 0.3) is 0 Å². The maximum Gasteiger partial charge on any atom is 0.242 e. The molecule has 4 nitrogen and oxygen atoms in total. The van der Waals surface area contributed by atoms with Gasteiger partial charge in [-0.25, -0.2) is 17.5 Å². The van der Waals surface area contributed by atoms with Crippen molar-refractivity contribution >= 4 is 10.0 Å². The minimum atomic E-state index is -3.72. The number of nitrogens with two attached hydrogens (primary N) is 1. The molecule has 0 aliphatic carbocycles. The zero-order valence-electron chi connectivity index (χ0n) is 11.6. The molecule has 1 atom stereocenters. The first-order valence-corrected chi connectivity index (χ1v) is 7.89. The Kier molecular flexibility index (Phi) is 6.14. The van der Waals surface area contributed by atoms with Gasteiger partial charge in [-0.05, 0) is 31.5 Å². The summed E-state index contributed by atoms with van der Waals surface area (Å²) in [4.78, 5) is -0.0252. The SMILES string of the molecule is CCCC(C)NS(=O)(=O)c1ccc(F)cc1C#CCN. The van der Waals surface area contributed by atoms with Gasteiger partial charge in [-0.3, -0.25) is 0 Å².